The smallest absolute Gasteiger partial charge is 0.308 e. The zero-order valence-corrected chi connectivity index (χ0v) is 40.7. The van der Waals surface area contributed by atoms with Gasteiger partial charge in [0.1, 0.15) is 36.3 Å². The molecule has 0 bridgehead atoms. The van der Waals surface area contributed by atoms with E-state index in [4.69, 9.17) is 33.2 Å². The maximum atomic E-state index is 13.8. The van der Waals surface area contributed by atoms with Gasteiger partial charge in [-0.15, -0.1) is 0 Å². The number of hydrogen-bond donors (Lipinski definition) is 3. The van der Waals surface area contributed by atoms with Crippen LogP contribution in [-0.2, 0) is 47.5 Å². The van der Waals surface area contributed by atoms with Gasteiger partial charge < -0.3 is 63.1 Å². The third-order valence-electron chi connectivity index (χ3n) is 14.0. The molecule has 0 aliphatic carbocycles. The number of β-amino-alcohol motifs (C(OH)–C–C–N with tert-alkyl or cyclic N) is 1. The van der Waals surface area contributed by atoms with Gasteiger partial charge in [-0.3, -0.25) is 14.6 Å². The van der Waals surface area contributed by atoms with Crippen LogP contribution in [-0.4, -0.2) is 169 Å². The first kappa shape index (κ1) is 53.5. The number of aromatic nitrogens is 1. The Bertz CT molecular complexity index is 1880. The first-order chi connectivity index (χ1) is 31.4. The molecule has 4 heterocycles. The van der Waals surface area contributed by atoms with Gasteiger partial charge in [-0.25, -0.2) is 0 Å². The molecule has 3 aliphatic heterocycles. The van der Waals surface area contributed by atoms with Crippen LogP contribution in [0.4, 0.5) is 0 Å². The summed E-state index contributed by atoms with van der Waals surface area (Å²) in [5, 5.41) is 37.6. The molecule has 16 heteroatoms. The Balaban J connectivity index is 1.39. The van der Waals surface area contributed by atoms with E-state index in [2.05, 4.69) is 4.98 Å². The molecule has 2 aromatic rings. The topological polar surface area (TPSA) is 196 Å². The number of aliphatic hydroxyl groups is 3. The van der Waals surface area contributed by atoms with Gasteiger partial charge in [-0.1, -0.05) is 57.2 Å². The second kappa shape index (κ2) is 24.7. The number of likely N-dealkylation sites (N-methyl/N-ethyl adjacent to an activating group) is 2. The number of fused-ring (bicyclic) bond motifs is 1. The Morgan fingerprint density at radius 1 is 1.00 bits per heavy atom. The fraction of sp³-hybridized carbons (Fsp3) is 0.720. The number of pyridine rings is 1. The third-order valence-corrected chi connectivity index (χ3v) is 14.0. The van der Waals surface area contributed by atoms with E-state index in [1.54, 1.807) is 34.1 Å². The molecular formula is C50H77N3O13. The van der Waals surface area contributed by atoms with Crippen molar-refractivity contribution in [1.29, 1.82) is 0 Å². The van der Waals surface area contributed by atoms with Gasteiger partial charge in [0.05, 0.1) is 43.0 Å². The van der Waals surface area contributed by atoms with Crippen molar-refractivity contribution in [3.8, 4) is 0 Å². The highest BCUT2D eigenvalue weighted by molar-refractivity contribution is 5.89. The number of carbonyl (C=O) groups excluding carboxylic acids is 3. The van der Waals surface area contributed by atoms with Crippen LogP contribution >= 0.6 is 0 Å². The molecule has 5 unspecified atom stereocenters. The number of cyclic esters (lactones) is 1. The molecule has 3 N–H and O–H groups in total. The van der Waals surface area contributed by atoms with Gasteiger partial charge >= 0.3 is 11.9 Å². The summed E-state index contributed by atoms with van der Waals surface area (Å²) in [5.74, 6) is -2.05. The van der Waals surface area contributed by atoms with E-state index in [9.17, 15) is 29.7 Å². The lowest BCUT2D eigenvalue weighted by Crippen LogP contribution is -2.65. The van der Waals surface area contributed by atoms with Crippen LogP contribution in [0.25, 0.3) is 16.8 Å². The van der Waals surface area contributed by atoms with Crippen molar-refractivity contribution in [1.82, 2.24) is 14.8 Å². The Morgan fingerprint density at radius 2 is 1.74 bits per heavy atom. The first-order valence-electron chi connectivity index (χ1n) is 23.8. The summed E-state index contributed by atoms with van der Waals surface area (Å²) in [4.78, 5) is 46.9. The second-order valence-corrected chi connectivity index (χ2v) is 19.3. The number of aldehydes is 1. The maximum absolute atomic E-state index is 13.8. The van der Waals surface area contributed by atoms with Crippen LogP contribution in [0, 0.1) is 17.8 Å². The fourth-order valence-corrected chi connectivity index (χ4v) is 9.84. The normalized spacial score (nSPS) is 37.2. The van der Waals surface area contributed by atoms with Crippen molar-refractivity contribution in [2.75, 3.05) is 41.3 Å². The second-order valence-electron chi connectivity index (χ2n) is 19.3. The van der Waals surface area contributed by atoms with Crippen LogP contribution in [0.15, 0.2) is 42.7 Å². The van der Waals surface area contributed by atoms with Crippen molar-refractivity contribution < 1.29 is 62.9 Å². The summed E-state index contributed by atoms with van der Waals surface area (Å²) < 4.78 is 44.1. The number of benzene rings is 1. The van der Waals surface area contributed by atoms with Gasteiger partial charge in [0, 0.05) is 68.6 Å². The van der Waals surface area contributed by atoms with E-state index in [1.807, 2.05) is 87.2 Å². The highest BCUT2D eigenvalue weighted by Crippen LogP contribution is 2.40. The molecule has 1 aromatic carbocycles. The summed E-state index contributed by atoms with van der Waals surface area (Å²) >= 11 is 0. The van der Waals surface area contributed by atoms with E-state index in [1.165, 1.54) is 7.11 Å². The molecule has 3 saturated heterocycles. The Morgan fingerprint density at radius 3 is 2.44 bits per heavy atom. The number of hydrogen-bond acceptors (Lipinski definition) is 16. The predicted molar refractivity (Wildman–Crippen MR) is 248 cm³/mol. The van der Waals surface area contributed by atoms with Gasteiger partial charge in [0.2, 0.25) is 0 Å². The predicted octanol–water partition coefficient (Wildman–Crippen LogP) is 4.92. The van der Waals surface area contributed by atoms with E-state index in [0.717, 1.165) is 22.6 Å². The van der Waals surface area contributed by atoms with E-state index in [-0.39, 0.29) is 49.6 Å². The first-order valence-corrected chi connectivity index (χ1v) is 23.8. The number of methoxy groups -OCH3 is 1. The molecule has 0 saturated carbocycles. The highest BCUT2D eigenvalue weighted by atomic mass is 16.7. The Hall–Kier alpha value is -3.42. The van der Waals surface area contributed by atoms with Gasteiger partial charge in [0.15, 0.2) is 12.6 Å². The van der Waals surface area contributed by atoms with Gasteiger partial charge in [0.25, 0.3) is 0 Å². The number of nitrogens with zero attached hydrogens (tertiary/aromatic N) is 3. The van der Waals surface area contributed by atoms with Crippen molar-refractivity contribution in [2.45, 2.75) is 172 Å². The number of esters is 2. The zero-order valence-electron chi connectivity index (χ0n) is 40.7. The van der Waals surface area contributed by atoms with Crippen LogP contribution in [0.3, 0.4) is 0 Å². The average Bonchev–Trinajstić information content (AvgIpc) is 3.26. The molecule has 370 valence electrons. The number of ether oxygens (including phenoxy) is 7. The van der Waals surface area contributed by atoms with Crippen LogP contribution in [0.2, 0.25) is 0 Å². The van der Waals surface area contributed by atoms with Crippen molar-refractivity contribution in [2.24, 2.45) is 17.8 Å². The zero-order chi connectivity index (χ0) is 48.3. The van der Waals surface area contributed by atoms with E-state index >= 15 is 0 Å². The standard InChI is InChI=1S/C50H77N3O13/c1-11-41(57)66-50(6)26-43(61-32(4)31(50)3)64-46-33(5)62-49(45(59)44(46)52(7)8)65-47-34(21-23-54)24-30(2)40(56)29-53(9)22-15-19-37(63-42(58)25-39(55)48(47)60-10)18-14-17-36-28-51-27-35-16-12-13-20-38(35)36/h12-14,16-17,20,23,27-28,30-34,37,39-40,43-49,55-56,59H,11,15,18-19,21-22,24-26,29H2,1-10H3/b17-14+/t30-,31+,32?,33?,34+,37+,39-,40+,43+,44?,45?,46+,47+,48+,49+,50?/m1/s1. The summed E-state index contributed by atoms with van der Waals surface area (Å²) in [7, 11) is 6.93. The molecule has 5 rings (SSSR count). The van der Waals surface area contributed by atoms with Crippen LogP contribution in [0.1, 0.15) is 98.5 Å². The molecule has 16 nitrogen and oxygen atoms in total. The van der Waals surface area contributed by atoms with Crippen molar-refractivity contribution in [3.63, 3.8) is 0 Å². The molecule has 3 fully saturated rings. The lowest BCUT2D eigenvalue weighted by Gasteiger charge is -2.51. The minimum Gasteiger partial charge on any atom is -0.462 e. The molecule has 66 heavy (non-hydrogen) atoms. The minimum absolute atomic E-state index is 0.0343. The van der Waals surface area contributed by atoms with Gasteiger partial charge in [-0.2, -0.15) is 0 Å². The monoisotopic (exact) mass is 928 g/mol. The minimum atomic E-state index is -1.46. The SMILES string of the molecule is CCC(=O)OC1(C)C[C@H](O[C@H]2C(C)O[C@@H](O[C@H]3[C@@H](CC=O)C[C@@H](C)[C@@H](O)CN(C)CCC[C@H](C/C=C/c4cncc5ccccc45)OC(=O)C[C@@H](O)[C@@H]3OC)C(O)C2N(C)C)OC(C)[C@@H]1C. The number of aliphatic hydroxyl groups excluding tert-OH is 3. The van der Waals surface area contributed by atoms with Gasteiger partial charge in [-0.05, 0) is 84.9 Å². The molecular weight excluding hydrogens is 851 g/mol. The Kier molecular flexibility index (Phi) is 20.1. The lowest BCUT2D eigenvalue weighted by molar-refractivity contribution is -0.341. The van der Waals surface area contributed by atoms with E-state index < -0.39 is 91.4 Å². The fourth-order valence-electron chi connectivity index (χ4n) is 9.84. The van der Waals surface area contributed by atoms with Crippen LogP contribution < -0.4 is 0 Å². The molecule has 0 radical (unpaired) electrons. The maximum Gasteiger partial charge on any atom is 0.308 e. The van der Waals surface area contributed by atoms with E-state index in [0.29, 0.717) is 32.4 Å². The third kappa shape index (κ3) is 13.9. The molecule has 0 amide bonds. The highest BCUT2D eigenvalue weighted by Gasteiger charge is 2.52. The Labute approximate surface area is 391 Å². The number of rotatable bonds is 13. The van der Waals surface area contributed by atoms with Crippen molar-refractivity contribution >= 4 is 35.1 Å². The summed E-state index contributed by atoms with van der Waals surface area (Å²) in [6, 6.07) is 7.26. The lowest BCUT2D eigenvalue weighted by atomic mass is 9.81. The molecule has 16 atom stereocenters. The molecule has 1 aromatic heterocycles. The van der Waals surface area contributed by atoms with Crippen molar-refractivity contribution in [3.05, 3.63) is 48.3 Å². The quantitative estimate of drug-likeness (QED) is 0.181. The average molecular weight is 928 g/mol. The molecule has 0 spiro atoms. The summed E-state index contributed by atoms with van der Waals surface area (Å²) in [5.41, 5.74) is 0.0771. The molecule has 3 aliphatic rings. The number of carbonyl (C=O) groups is 3. The van der Waals surface area contributed by atoms with Crippen LogP contribution in [0.5, 0.6) is 0 Å². The largest absolute Gasteiger partial charge is 0.462 e. The summed E-state index contributed by atoms with van der Waals surface area (Å²) in [6.45, 7) is 12.2. The summed E-state index contributed by atoms with van der Waals surface area (Å²) in [6.07, 6.45) is 0.0201.